The van der Waals surface area contributed by atoms with E-state index in [0.717, 1.165) is 42.3 Å². The highest BCUT2D eigenvalue weighted by molar-refractivity contribution is 9.10. The smallest absolute Gasteiger partial charge is 0.133 e. The molecule has 1 heterocycles. The van der Waals surface area contributed by atoms with E-state index in [1.807, 2.05) is 6.07 Å². The van der Waals surface area contributed by atoms with Crippen LogP contribution in [0, 0.1) is 5.92 Å². The number of benzene rings is 1. The first-order valence-corrected chi connectivity index (χ1v) is 8.21. The summed E-state index contributed by atoms with van der Waals surface area (Å²) in [5.74, 6) is 1.63. The third kappa shape index (κ3) is 3.96. The topological polar surface area (TPSA) is 24.5 Å². The molecule has 1 aromatic carbocycles. The van der Waals surface area contributed by atoms with E-state index in [9.17, 15) is 0 Å². The molecule has 20 heavy (non-hydrogen) atoms. The van der Waals surface area contributed by atoms with E-state index in [4.69, 9.17) is 4.74 Å². The summed E-state index contributed by atoms with van der Waals surface area (Å²) in [6.07, 6.45) is 1.24. The van der Waals surface area contributed by atoms with Crippen LogP contribution in [0.1, 0.15) is 25.8 Å². The van der Waals surface area contributed by atoms with E-state index in [-0.39, 0.29) is 0 Å². The first-order chi connectivity index (χ1) is 9.63. The fraction of sp³-hybridized carbons (Fsp3) is 0.625. The van der Waals surface area contributed by atoms with E-state index in [2.05, 4.69) is 52.1 Å². The van der Waals surface area contributed by atoms with E-state index in [1.165, 1.54) is 12.0 Å². The Labute approximate surface area is 130 Å². The van der Waals surface area contributed by atoms with Crippen LogP contribution in [0.4, 0.5) is 0 Å². The summed E-state index contributed by atoms with van der Waals surface area (Å²) in [7, 11) is 1.70. The molecule has 1 saturated heterocycles. The van der Waals surface area contributed by atoms with Gasteiger partial charge in [-0.2, -0.15) is 0 Å². The van der Waals surface area contributed by atoms with Gasteiger partial charge in [0.2, 0.25) is 0 Å². The predicted octanol–water partition coefficient (Wildman–Crippen LogP) is 3.28. The lowest BCUT2D eigenvalue weighted by Gasteiger charge is -2.36. The monoisotopic (exact) mass is 340 g/mol. The Morgan fingerprint density at radius 2 is 2.30 bits per heavy atom. The number of piperazine rings is 1. The van der Waals surface area contributed by atoms with Gasteiger partial charge in [0.1, 0.15) is 5.75 Å². The lowest BCUT2D eigenvalue weighted by Crippen LogP contribution is -2.52. The molecular formula is C16H25BrN2O. The molecule has 0 bridgehead atoms. The first-order valence-electron chi connectivity index (χ1n) is 7.42. The zero-order chi connectivity index (χ0) is 14.5. The molecule has 3 nitrogen and oxygen atoms in total. The van der Waals surface area contributed by atoms with Gasteiger partial charge in [0, 0.05) is 32.2 Å². The molecule has 112 valence electrons. The number of halogens is 1. The van der Waals surface area contributed by atoms with Crippen LogP contribution in [-0.2, 0) is 6.54 Å². The molecule has 1 N–H and O–H groups in total. The van der Waals surface area contributed by atoms with Gasteiger partial charge in [0.05, 0.1) is 11.6 Å². The summed E-state index contributed by atoms with van der Waals surface area (Å²) in [6.45, 7) is 8.97. The zero-order valence-electron chi connectivity index (χ0n) is 12.7. The summed E-state index contributed by atoms with van der Waals surface area (Å²) >= 11 is 3.56. The van der Waals surface area contributed by atoms with E-state index in [0.29, 0.717) is 6.04 Å². The lowest BCUT2D eigenvalue weighted by molar-refractivity contribution is 0.162. The van der Waals surface area contributed by atoms with Crippen LogP contribution in [0.3, 0.4) is 0 Å². The Morgan fingerprint density at radius 3 is 2.95 bits per heavy atom. The quantitative estimate of drug-likeness (QED) is 0.890. The van der Waals surface area contributed by atoms with Crippen molar-refractivity contribution in [3.63, 3.8) is 0 Å². The van der Waals surface area contributed by atoms with E-state index in [1.54, 1.807) is 7.11 Å². The van der Waals surface area contributed by atoms with Gasteiger partial charge in [-0.25, -0.2) is 0 Å². The molecular weight excluding hydrogens is 316 g/mol. The minimum atomic E-state index is 0.621. The van der Waals surface area contributed by atoms with Crippen LogP contribution in [-0.4, -0.2) is 37.7 Å². The van der Waals surface area contributed by atoms with Crippen LogP contribution in [0.25, 0.3) is 0 Å². The van der Waals surface area contributed by atoms with Gasteiger partial charge in [-0.3, -0.25) is 4.90 Å². The summed E-state index contributed by atoms with van der Waals surface area (Å²) in [6, 6.07) is 6.98. The highest BCUT2D eigenvalue weighted by Gasteiger charge is 2.23. The van der Waals surface area contributed by atoms with Gasteiger partial charge >= 0.3 is 0 Å². The molecule has 0 aliphatic carbocycles. The van der Waals surface area contributed by atoms with Gasteiger partial charge in [-0.1, -0.05) is 26.3 Å². The maximum Gasteiger partial charge on any atom is 0.133 e. The largest absolute Gasteiger partial charge is 0.496 e. The highest BCUT2D eigenvalue weighted by atomic mass is 79.9. The fourth-order valence-electron chi connectivity index (χ4n) is 2.72. The summed E-state index contributed by atoms with van der Waals surface area (Å²) in [4.78, 5) is 2.54. The molecule has 4 heteroatoms. The number of methoxy groups -OCH3 is 1. The minimum Gasteiger partial charge on any atom is -0.496 e. The van der Waals surface area contributed by atoms with Gasteiger partial charge in [-0.15, -0.1) is 0 Å². The average molecular weight is 341 g/mol. The van der Waals surface area contributed by atoms with Crippen molar-refractivity contribution in [1.82, 2.24) is 10.2 Å². The van der Waals surface area contributed by atoms with Crippen LogP contribution >= 0.6 is 15.9 Å². The van der Waals surface area contributed by atoms with Crippen molar-refractivity contribution in [1.29, 1.82) is 0 Å². The second-order valence-electron chi connectivity index (χ2n) is 5.65. The lowest BCUT2D eigenvalue weighted by atomic mass is 9.97. The Morgan fingerprint density at radius 1 is 1.50 bits per heavy atom. The van der Waals surface area contributed by atoms with Crippen molar-refractivity contribution in [3.8, 4) is 5.75 Å². The summed E-state index contributed by atoms with van der Waals surface area (Å²) < 4.78 is 6.32. The maximum atomic E-state index is 5.28. The van der Waals surface area contributed by atoms with Crippen molar-refractivity contribution in [3.05, 3.63) is 28.2 Å². The SMILES string of the molecule is CCC(C)C1CN(Cc2ccc(OC)c(Br)c2)CCN1. The molecule has 0 spiro atoms. The second-order valence-corrected chi connectivity index (χ2v) is 6.50. The van der Waals surface area contributed by atoms with Gasteiger partial charge < -0.3 is 10.1 Å². The van der Waals surface area contributed by atoms with Crippen molar-refractivity contribution in [2.45, 2.75) is 32.9 Å². The average Bonchev–Trinajstić information content (AvgIpc) is 2.47. The van der Waals surface area contributed by atoms with Crippen molar-refractivity contribution >= 4 is 15.9 Å². The maximum absolute atomic E-state index is 5.28. The van der Waals surface area contributed by atoms with Gasteiger partial charge in [-0.05, 0) is 39.5 Å². The van der Waals surface area contributed by atoms with Crippen molar-refractivity contribution < 1.29 is 4.74 Å². The number of rotatable bonds is 5. The second kappa shape index (κ2) is 7.43. The highest BCUT2D eigenvalue weighted by Crippen LogP contribution is 2.26. The molecule has 2 rings (SSSR count). The van der Waals surface area contributed by atoms with Crippen LogP contribution in [0.15, 0.2) is 22.7 Å². The third-order valence-electron chi connectivity index (χ3n) is 4.24. The number of hydrogen-bond acceptors (Lipinski definition) is 3. The Bertz CT molecular complexity index is 438. The third-order valence-corrected chi connectivity index (χ3v) is 4.86. The van der Waals surface area contributed by atoms with E-state index >= 15 is 0 Å². The number of nitrogens with one attached hydrogen (secondary N) is 1. The number of ether oxygens (including phenoxy) is 1. The van der Waals surface area contributed by atoms with Crippen LogP contribution in [0.2, 0.25) is 0 Å². The molecule has 0 saturated carbocycles. The van der Waals surface area contributed by atoms with Gasteiger partial charge in [0.25, 0.3) is 0 Å². The Hall–Kier alpha value is -0.580. The standard InChI is InChI=1S/C16H25BrN2O/c1-4-12(2)15-11-19(8-7-18-15)10-13-5-6-16(20-3)14(17)9-13/h5-6,9,12,15,18H,4,7-8,10-11H2,1-3H3. The molecule has 0 aromatic heterocycles. The summed E-state index contributed by atoms with van der Waals surface area (Å²) in [5.41, 5.74) is 1.34. The first kappa shape index (κ1) is 15.8. The summed E-state index contributed by atoms with van der Waals surface area (Å²) in [5, 5.41) is 3.64. The number of nitrogens with zero attached hydrogens (tertiary/aromatic N) is 1. The van der Waals surface area contributed by atoms with Gasteiger partial charge in [0.15, 0.2) is 0 Å². The predicted molar refractivity (Wildman–Crippen MR) is 87.2 cm³/mol. The Balaban J connectivity index is 1.97. The number of hydrogen-bond donors (Lipinski definition) is 1. The molecule has 0 radical (unpaired) electrons. The molecule has 2 atom stereocenters. The van der Waals surface area contributed by atoms with Crippen LogP contribution in [0.5, 0.6) is 5.75 Å². The zero-order valence-corrected chi connectivity index (χ0v) is 14.2. The molecule has 1 aliphatic rings. The van der Waals surface area contributed by atoms with Crippen molar-refractivity contribution in [2.75, 3.05) is 26.7 Å². The molecule has 1 aliphatic heterocycles. The fourth-order valence-corrected chi connectivity index (χ4v) is 3.31. The normalized spacial score (nSPS) is 21.7. The van der Waals surface area contributed by atoms with E-state index < -0.39 is 0 Å². The minimum absolute atomic E-state index is 0.621. The van der Waals surface area contributed by atoms with Crippen molar-refractivity contribution in [2.24, 2.45) is 5.92 Å². The molecule has 0 amide bonds. The Kier molecular flexibility index (Phi) is 5.87. The molecule has 2 unspecified atom stereocenters. The van der Waals surface area contributed by atoms with Crippen LogP contribution < -0.4 is 10.1 Å². The molecule has 1 aromatic rings. The molecule has 1 fully saturated rings.